The maximum Gasteiger partial charge on any atom is 0.296 e. The van der Waals surface area contributed by atoms with Crippen LogP contribution >= 0.6 is 22.7 Å². The molecule has 10 nitrogen and oxygen atoms in total. The molecule has 1 amide bonds. The molecule has 192 valence electrons. The standard InChI is InChI=1S/C27H17N5O5S2/c1-14-24(39-25(29-14)15-7-3-2-4-8-15)22(33)20-21(18-9-5-6-12-28-18)31(26(35)23(20)34)27-30-17-11-10-16(32(36)37)13-19(17)38-27/h2-13,21,34H,1H3. The van der Waals surface area contributed by atoms with Crippen LogP contribution in [0, 0.1) is 17.0 Å². The van der Waals surface area contributed by atoms with E-state index < -0.39 is 28.4 Å². The Hall–Kier alpha value is -4.81. The van der Waals surface area contributed by atoms with Crippen LogP contribution in [-0.4, -0.2) is 36.7 Å². The lowest BCUT2D eigenvalue weighted by Gasteiger charge is -2.23. The maximum absolute atomic E-state index is 14.0. The van der Waals surface area contributed by atoms with Crippen molar-refractivity contribution in [3.05, 3.63) is 111 Å². The molecule has 0 radical (unpaired) electrons. The summed E-state index contributed by atoms with van der Waals surface area (Å²) in [5.74, 6) is -2.05. The number of nitrogens with zero attached hydrogens (tertiary/aromatic N) is 5. The molecule has 0 aliphatic carbocycles. The number of rotatable bonds is 6. The van der Waals surface area contributed by atoms with E-state index >= 15 is 0 Å². The summed E-state index contributed by atoms with van der Waals surface area (Å²) in [6, 6.07) is 17.6. The van der Waals surface area contributed by atoms with Crippen molar-refractivity contribution in [3.8, 4) is 10.6 Å². The van der Waals surface area contributed by atoms with Crippen LogP contribution in [0.1, 0.15) is 27.1 Å². The number of carbonyl (C=O) groups is 2. The van der Waals surface area contributed by atoms with Gasteiger partial charge in [-0.25, -0.2) is 9.97 Å². The second kappa shape index (κ2) is 9.49. The van der Waals surface area contributed by atoms with Crippen molar-refractivity contribution in [2.24, 2.45) is 0 Å². The second-order valence-electron chi connectivity index (χ2n) is 8.63. The van der Waals surface area contributed by atoms with Crippen molar-refractivity contribution >= 4 is 55.4 Å². The molecule has 5 aromatic rings. The van der Waals surface area contributed by atoms with Crippen LogP contribution in [-0.2, 0) is 4.79 Å². The average molecular weight is 556 g/mol. The fourth-order valence-electron chi connectivity index (χ4n) is 4.40. The van der Waals surface area contributed by atoms with Crippen LogP contribution < -0.4 is 4.90 Å². The molecule has 0 spiro atoms. The van der Waals surface area contributed by atoms with Crippen LogP contribution in [0.25, 0.3) is 20.8 Å². The predicted molar refractivity (Wildman–Crippen MR) is 147 cm³/mol. The molecule has 0 fully saturated rings. The summed E-state index contributed by atoms with van der Waals surface area (Å²) in [4.78, 5) is 53.1. The average Bonchev–Trinajstić information content (AvgIpc) is 3.62. The summed E-state index contributed by atoms with van der Waals surface area (Å²) < 4.78 is 0.483. The third kappa shape index (κ3) is 4.15. The van der Waals surface area contributed by atoms with E-state index in [9.17, 15) is 24.8 Å². The van der Waals surface area contributed by atoms with Crippen molar-refractivity contribution in [1.29, 1.82) is 0 Å². The number of benzene rings is 2. The highest BCUT2D eigenvalue weighted by Gasteiger charge is 2.47. The number of anilines is 1. The number of Topliss-reactive ketones (excluding diaryl/α,β-unsaturated/α-hetero) is 1. The minimum Gasteiger partial charge on any atom is -0.503 e. The van der Waals surface area contributed by atoms with E-state index in [4.69, 9.17) is 0 Å². The summed E-state index contributed by atoms with van der Waals surface area (Å²) in [5, 5.41) is 23.1. The summed E-state index contributed by atoms with van der Waals surface area (Å²) >= 11 is 2.23. The molecular formula is C27H17N5O5S2. The lowest BCUT2D eigenvalue weighted by atomic mass is 9.98. The minimum absolute atomic E-state index is 0.113. The first-order valence-electron chi connectivity index (χ1n) is 11.6. The molecule has 1 atom stereocenters. The van der Waals surface area contributed by atoms with E-state index in [2.05, 4.69) is 15.0 Å². The van der Waals surface area contributed by atoms with E-state index in [1.807, 2.05) is 30.3 Å². The van der Waals surface area contributed by atoms with Gasteiger partial charge in [-0.3, -0.25) is 29.6 Å². The van der Waals surface area contributed by atoms with Crippen molar-refractivity contribution in [2.75, 3.05) is 4.90 Å². The number of hydrogen-bond acceptors (Lipinski definition) is 10. The molecule has 3 aromatic heterocycles. The van der Waals surface area contributed by atoms with E-state index in [1.165, 1.54) is 40.6 Å². The zero-order valence-corrected chi connectivity index (χ0v) is 21.8. The number of non-ortho nitro benzene ring substituents is 1. The smallest absolute Gasteiger partial charge is 0.296 e. The predicted octanol–water partition coefficient (Wildman–Crippen LogP) is 5.81. The van der Waals surface area contributed by atoms with Crippen LogP contribution in [0.4, 0.5) is 10.8 Å². The summed E-state index contributed by atoms with van der Waals surface area (Å²) in [6.45, 7) is 1.71. The SMILES string of the molecule is Cc1nc(-c2ccccc2)sc1C(=O)C1=C(O)C(=O)N(c2nc3ccc([N+](=O)[O-])cc3s2)C1c1ccccn1. The van der Waals surface area contributed by atoms with Gasteiger partial charge in [0.1, 0.15) is 11.0 Å². The number of fused-ring (bicyclic) bond motifs is 1. The number of amides is 1. The zero-order valence-electron chi connectivity index (χ0n) is 20.1. The topological polar surface area (TPSA) is 139 Å². The molecule has 0 bridgehead atoms. The number of aromatic nitrogens is 3. The van der Waals surface area contributed by atoms with Crippen LogP contribution in [0.3, 0.4) is 0 Å². The number of carbonyl (C=O) groups excluding carboxylic acids is 2. The van der Waals surface area contributed by atoms with Gasteiger partial charge in [0, 0.05) is 23.9 Å². The first kappa shape index (κ1) is 24.5. The first-order valence-corrected chi connectivity index (χ1v) is 13.3. The number of aliphatic hydroxyl groups excluding tert-OH is 1. The number of hydrogen-bond donors (Lipinski definition) is 1. The van der Waals surface area contributed by atoms with Gasteiger partial charge in [-0.15, -0.1) is 11.3 Å². The first-order chi connectivity index (χ1) is 18.8. The highest BCUT2D eigenvalue weighted by Crippen LogP contribution is 2.45. The zero-order chi connectivity index (χ0) is 27.3. The Morgan fingerprint density at radius 3 is 2.54 bits per heavy atom. The van der Waals surface area contributed by atoms with E-state index in [0.29, 0.717) is 31.5 Å². The Kier molecular flexibility index (Phi) is 5.97. The number of nitro benzene ring substituents is 1. The van der Waals surface area contributed by atoms with Gasteiger partial charge in [0.15, 0.2) is 10.9 Å². The Morgan fingerprint density at radius 1 is 1.05 bits per heavy atom. The Bertz CT molecular complexity index is 1810. The largest absolute Gasteiger partial charge is 0.503 e. The van der Waals surface area contributed by atoms with Crippen LogP contribution in [0.5, 0.6) is 0 Å². The maximum atomic E-state index is 14.0. The molecule has 6 rings (SSSR count). The molecule has 1 unspecified atom stereocenters. The molecule has 0 saturated heterocycles. The Morgan fingerprint density at radius 2 is 1.82 bits per heavy atom. The van der Waals surface area contributed by atoms with Crippen molar-refractivity contribution in [3.63, 3.8) is 0 Å². The molecule has 1 N–H and O–H groups in total. The molecular weight excluding hydrogens is 538 g/mol. The van der Waals surface area contributed by atoms with Crippen LogP contribution in [0.2, 0.25) is 0 Å². The van der Waals surface area contributed by atoms with Gasteiger partial charge in [-0.1, -0.05) is 47.7 Å². The molecule has 39 heavy (non-hydrogen) atoms. The van der Waals surface area contributed by atoms with E-state index in [-0.39, 0.29) is 16.4 Å². The highest BCUT2D eigenvalue weighted by molar-refractivity contribution is 7.22. The normalized spacial score (nSPS) is 15.4. The highest BCUT2D eigenvalue weighted by atomic mass is 32.1. The Labute approximate surface area is 228 Å². The second-order valence-corrected chi connectivity index (χ2v) is 10.6. The van der Waals surface area contributed by atoms with Crippen molar-refractivity contribution < 1.29 is 19.6 Å². The number of nitro groups is 1. The van der Waals surface area contributed by atoms with Gasteiger partial charge >= 0.3 is 0 Å². The van der Waals surface area contributed by atoms with Gasteiger partial charge in [0.2, 0.25) is 5.78 Å². The molecule has 1 aliphatic rings. The number of thiazole rings is 2. The minimum atomic E-state index is -1.07. The van der Waals surface area contributed by atoms with E-state index in [0.717, 1.165) is 16.9 Å². The van der Waals surface area contributed by atoms with Crippen LogP contribution in [0.15, 0.2) is 84.3 Å². The van der Waals surface area contributed by atoms with Crippen molar-refractivity contribution in [2.45, 2.75) is 13.0 Å². The summed E-state index contributed by atoms with van der Waals surface area (Å²) in [5.41, 5.74) is 1.87. The monoisotopic (exact) mass is 555 g/mol. The fraction of sp³-hybridized carbons (Fsp3) is 0.0741. The fourth-order valence-corrected chi connectivity index (χ4v) is 6.45. The molecule has 4 heterocycles. The number of pyridine rings is 1. The Balaban J connectivity index is 1.46. The van der Waals surface area contributed by atoms with E-state index in [1.54, 1.807) is 25.1 Å². The molecule has 0 saturated carbocycles. The molecule has 2 aromatic carbocycles. The third-order valence-electron chi connectivity index (χ3n) is 6.22. The van der Waals surface area contributed by atoms with Gasteiger partial charge < -0.3 is 5.11 Å². The van der Waals surface area contributed by atoms with Gasteiger partial charge in [-0.2, -0.15) is 0 Å². The molecule has 1 aliphatic heterocycles. The lowest BCUT2D eigenvalue weighted by Crippen LogP contribution is -2.31. The van der Waals surface area contributed by atoms with Gasteiger partial charge in [0.05, 0.1) is 37.0 Å². The molecule has 12 heteroatoms. The van der Waals surface area contributed by atoms with Gasteiger partial charge in [0.25, 0.3) is 11.6 Å². The number of aryl methyl sites for hydroxylation is 1. The summed E-state index contributed by atoms with van der Waals surface area (Å²) in [7, 11) is 0. The summed E-state index contributed by atoms with van der Waals surface area (Å²) in [6.07, 6.45) is 1.53. The quantitative estimate of drug-likeness (QED) is 0.157. The lowest BCUT2D eigenvalue weighted by molar-refractivity contribution is -0.384. The number of aliphatic hydroxyl groups is 1. The third-order valence-corrected chi connectivity index (χ3v) is 8.44. The van der Waals surface area contributed by atoms with Gasteiger partial charge in [-0.05, 0) is 25.1 Å². The van der Waals surface area contributed by atoms with Crippen molar-refractivity contribution in [1.82, 2.24) is 15.0 Å². The number of ketones is 1.